The minimum atomic E-state index is -0.413. The average molecular weight is 252 g/mol. The van der Waals surface area contributed by atoms with Gasteiger partial charge in [-0.05, 0) is 25.0 Å². The summed E-state index contributed by atoms with van der Waals surface area (Å²) in [4.78, 5) is 13.5. The number of nitrogens with one attached hydrogen (secondary N) is 1. The van der Waals surface area contributed by atoms with Gasteiger partial charge < -0.3 is 15.0 Å². The fourth-order valence-electron chi connectivity index (χ4n) is 1.74. The number of methoxy groups -OCH3 is 1. The molecule has 0 unspecified atom stereocenters. The van der Waals surface area contributed by atoms with Crippen LogP contribution in [0.3, 0.4) is 0 Å². The Labute approximate surface area is 106 Å². The molecular weight excluding hydrogens is 235 g/mol. The van der Waals surface area contributed by atoms with Gasteiger partial charge in [0.15, 0.2) is 11.6 Å². The maximum atomic E-state index is 13.2. The van der Waals surface area contributed by atoms with Gasteiger partial charge in [-0.3, -0.25) is 4.79 Å². The number of hydrogen-bond acceptors (Lipinski definition) is 3. The van der Waals surface area contributed by atoms with E-state index in [-0.39, 0.29) is 18.2 Å². The molecular formula is C13H17FN2O2. The molecule has 0 aromatic heterocycles. The topological polar surface area (TPSA) is 41.6 Å². The zero-order valence-electron chi connectivity index (χ0n) is 10.6. The minimum absolute atomic E-state index is 0.0424. The van der Waals surface area contributed by atoms with Gasteiger partial charge in [0.1, 0.15) is 0 Å². The maximum absolute atomic E-state index is 13.2. The van der Waals surface area contributed by atoms with Gasteiger partial charge in [0, 0.05) is 24.8 Å². The SMILES string of the molecule is COc1cc(NCC(=O)N(C)C2CC2)ccc1F. The molecule has 1 aromatic carbocycles. The smallest absolute Gasteiger partial charge is 0.241 e. The highest BCUT2D eigenvalue weighted by atomic mass is 19.1. The second kappa shape index (κ2) is 5.25. The van der Waals surface area contributed by atoms with Crippen LogP contribution in [0.1, 0.15) is 12.8 Å². The lowest BCUT2D eigenvalue weighted by Crippen LogP contribution is -2.33. The Morgan fingerprint density at radius 3 is 2.89 bits per heavy atom. The normalized spacial score (nSPS) is 14.2. The summed E-state index contributed by atoms with van der Waals surface area (Å²) in [6, 6.07) is 4.85. The highest BCUT2D eigenvalue weighted by molar-refractivity contribution is 5.81. The molecule has 1 aromatic rings. The fraction of sp³-hybridized carbons (Fsp3) is 0.462. The van der Waals surface area contributed by atoms with Crippen molar-refractivity contribution in [3.05, 3.63) is 24.0 Å². The molecule has 2 rings (SSSR count). The third-order valence-corrected chi connectivity index (χ3v) is 3.08. The second-order valence-electron chi connectivity index (χ2n) is 4.44. The van der Waals surface area contributed by atoms with Crippen molar-refractivity contribution >= 4 is 11.6 Å². The van der Waals surface area contributed by atoms with Gasteiger partial charge in [-0.25, -0.2) is 4.39 Å². The quantitative estimate of drug-likeness (QED) is 0.869. The molecule has 1 aliphatic carbocycles. The summed E-state index contributed by atoms with van der Waals surface area (Å²) in [6.45, 7) is 0.210. The molecule has 0 radical (unpaired) electrons. The second-order valence-corrected chi connectivity index (χ2v) is 4.44. The number of rotatable bonds is 5. The van der Waals surface area contributed by atoms with Crippen LogP contribution in [0.15, 0.2) is 18.2 Å². The number of nitrogens with zero attached hydrogens (tertiary/aromatic N) is 1. The molecule has 98 valence electrons. The predicted octanol–water partition coefficient (Wildman–Crippen LogP) is 1.87. The standard InChI is InChI=1S/C13H17FN2O2/c1-16(10-4-5-10)13(17)8-15-9-3-6-11(14)12(7-9)18-2/h3,6-7,10,15H,4-5,8H2,1-2H3. The third kappa shape index (κ3) is 2.91. The molecule has 1 saturated carbocycles. The molecule has 0 heterocycles. The first-order chi connectivity index (χ1) is 8.61. The van der Waals surface area contributed by atoms with Crippen LogP contribution in [0.5, 0.6) is 5.75 Å². The number of ether oxygens (including phenoxy) is 1. The van der Waals surface area contributed by atoms with E-state index in [1.807, 2.05) is 7.05 Å². The van der Waals surface area contributed by atoms with Crippen LogP contribution in [0.4, 0.5) is 10.1 Å². The third-order valence-electron chi connectivity index (χ3n) is 3.08. The lowest BCUT2D eigenvalue weighted by molar-refractivity contribution is -0.128. The Hall–Kier alpha value is -1.78. The number of halogens is 1. The molecule has 0 bridgehead atoms. The monoisotopic (exact) mass is 252 g/mol. The van der Waals surface area contributed by atoms with Gasteiger partial charge in [0.2, 0.25) is 5.91 Å². The molecule has 4 nitrogen and oxygen atoms in total. The van der Waals surface area contributed by atoms with E-state index in [0.717, 1.165) is 12.8 Å². The van der Waals surface area contributed by atoms with Gasteiger partial charge in [-0.2, -0.15) is 0 Å². The van der Waals surface area contributed by atoms with Crippen molar-refractivity contribution < 1.29 is 13.9 Å². The van der Waals surface area contributed by atoms with Crippen molar-refractivity contribution in [1.29, 1.82) is 0 Å². The van der Waals surface area contributed by atoms with E-state index in [4.69, 9.17) is 4.74 Å². The zero-order valence-corrected chi connectivity index (χ0v) is 10.6. The predicted molar refractivity (Wildman–Crippen MR) is 67.2 cm³/mol. The van der Waals surface area contributed by atoms with E-state index in [1.165, 1.54) is 13.2 Å². The van der Waals surface area contributed by atoms with Crippen LogP contribution in [-0.2, 0) is 4.79 Å². The van der Waals surface area contributed by atoms with Crippen LogP contribution in [0.25, 0.3) is 0 Å². The number of carbonyl (C=O) groups excluding carboxylic acids is 1. The molecule has 1 N–H and O–H groups in total. The van der Waals surface area contributed by atoms with E-state index < -0.39 is 5.82 Å². The van der Waals surface area contributed by atoms with E-state index in [2.05, 4.69) is 5.32 Å². The zero-order chi connectivity index (χ0) is 13.1. The molecule has 1 aliphatic rings. The van der Waals surface area contributed by atoms with E-state index in [1.54, 1.807) is 17.0 Å². The Kier molecular flexibility index (Phi) is 3.69. The van der Waals surface area contributed by atoms with Gasteiger partial charge in [-0.15, -0.1) is 0 Å². The van der Waals surface area contributed by atoms with Crippen molar-refractivity contribution in [2.45, 2.75) is 18.9 Å². The molecule has 0 aliphatic heterocycles. The first-order valence-corrected chi connectivity index (χ1v) is 5.95. The Morgan fingerprint density at radius 1 is 1.56 bits per heavy atom. The molecule has 0 atom stereocenters. The number of likely N-dealkylation sites (N-methyl/N-ethyl adjacent to an activating group) is 1. The molecule has 0 spiro atoms. The summed E-state index contributed by atoms with van der Waals surface area (Å²) in [7, 11) is 3.22. The summed E-state index contributed by atoms with van der Waals surface area (Å²) in [5.74, 6) is -0.201. The number of amides is 1. The Bertz CT molecular complexity index is 447. The Morgan fingerprint density at radius 2 is 2.28 bits per heavy atom. The lowest BCUT2D eigenvalue weighted by Gasteiger charge is -2.17. The molecule has 0 saturated heterocycles. The highest BCUT2D eigenvalue weighted by Gasteiger charge is 2.29. The van der Waals surface area contributed by atoms with Crippen LogP contribution in [0.2, 0.25) is 0 Å². The van der Waals surface area contributed by atoms with Crippen molar-refractivity contribution in [1.82, 2.24) is 4.90 Å². The van der Waals surface area contributed by atoms with Crippen LogP contribution in [-0.4, -0.2) is 37.6 Å². The molecule has 1 fully saturated rings. The van der Waals surface area contributed by atoms with E-state index >= 15 is 0 Å². The molecule has 18 heavy (non-hydrogen) atoms. The summed E-state index contributed by atoms with van der Waals surface area (Å²) in [5, 5.41) is 2.97. The first-order valence-electron chi connectivity index (χ1n) is 5.95. The molecule has 1 amide bonds. The van der Waals surface area contributed by atoms with Crippen LogP contribution in [0, 0.1) is 5.82 Å². The van der Waals surface area contributed by atoms with E-state index in [0.29, 0.717) is 11.7 Å². The highest BCUT2D eigenvalue weighted by Crippen LogP contribution is 2.25. The molecule has 5 heteroatoms. The van der Waals surface area contributed by atoms with Crippen molar-refractivity contribution in [2.24, 2.45) is 0 Å². The van der Waals surface area contributed by atoms with Crippen LogP contribution < -0.4 is 10.1 Å². The average Bonchev–Trinajstić information content (AvgIpc) is 3.20. The summed E-state index contributed by atoms with van der Waals surface area (Å²) in [5.41, 5.74) is 0.672. The van der Waals surface area contributed by atoms with Crippen molar-refractivity contribution in [3.8, 4) is 5.75 Å². The summed E-state index contributed by atoms with van der Waals surface area (Å²) >= 11 is 0. The number of anilines is 1. The Balaban J connectivity index is 1.91. The number of carbonyl (C=O) groups is 1. The van der Waals surface area contributed by atoms with Crippen LogP contribution >= 0.6 is 0 Å². The largest absolute Gasteiger partial charge is 0.494 e. The maximum Gasteiger partial charge on any atom is 0.241 e. The van der Waals surface area contributed by atoms with Crippen molar-refractivity contribution in [2.75, 3.05) is 26.0 Å². The van der Waals surface area contributed by atoms with Gasteiger partial charge >= 0.3 is 0 Å². The van der Waals surface area contributed by atoms with Gasteiger partial charge in [0.25, 0.3) is 0 Å². The van der Waals surface area contributed by atoms with E-state index in [9.17, 15) is 9.18 Å². The first kappa shape index (κ1) is 12.7. The summed E-state index contributed by atoms with van der Waals surface area (Å²) in [6.07, 6.45) is 2.18. The number of benzene rings is 1. The van der Waals surface area contributed by atoms with Crippen molar-refractivity contribution in [3.63, 3.8) is 0 Å². The van der Waals surface area contributed by atoms with Gasteiger partial charge in [0.05, 0.1) is 13.7 Å². The lowest BCUT2D eigenvalue weighted by atomic mass is 10.3. The summed E-state index contributed by atoms with van der Waals surface area (Å²) < 4.78 is 18.1. The minimum Gasteiger partial charge on any atom is -0.494 e. The van der Waals surface area contributed by atoms with Gasteiger partial charge in [-0.1, -0.05) is 0 Å². The number of hydrogen-bond donors (Lipinski definition) is 1. The fourth-order valence-corrected chi connectivity index (χ4v) is 1.74.